The Kier molecular flexibility index (Phi) is 11.6. The second kappa shape index (κ2) is 14.6. The summed E-state index contributed by atoms with van der Waals surface area (Å²) in [7, 11) is 0. The zero-order chi connectivity index (χ0) is 29.9. The number of rotatable bonds is 11. The summed E-state index contributed by atoms with van der Waals surface area (Å²) >= 11 is 0. The van der Waals surface area contributed by atoms with Crippen molar-refractivity contribution < 1.29 is 33.8 Å². The van der Waals surface area contributed by atoms with Crippen LogP contribution in [0.25, 0.3) is 0 Å². The lowest BCUT2D eigenvalue weighted by Crippen LogP contribution is -2.52. The highest BCUT2D eigenvalue weighted by atomic mass is 16.6. The molecular weight excluding hydrogens is 514 g/mol. The minimum atomic E-state index is -1.26. The van der Waals surface area contributed by atoms with Gasteiger partial charge in [-0.15, -0.1) is 0 Å². The third-order valence-electron chi connectivity index (χ3n) is 5.54. The Morgan fingerprint density at radius 2 is 1.77 bits per heavy atom. The molecule has 0 aliphatic carbocycles. The van der Waals surface area contributed by atoms with E-state index < -0.39 is 41.6 Å². The molecule has 0 aliphatic rings. The van der Waals surface area contributed by atoms with Crippen molar-refractivity contribution in [2.45, 2.75) is 65.1 Å². The third-order valence-corrected chi connectivity index (χ3v) is 5.54. The van der Waals surface area contributed by atoms with E-state index in [0.717, 1.165) is 10.5 Å². The molecule has 40 heavy (non-hydrogen) atoms. The molecule has 2 unspecified atom stereocenters. The second-order valence-corrected chi connectivity index (χ2v) is 10.1. The second-order valence-electron chi connectivity index (χ2n) is 10.1. The molecular formula is C30H37N3O7. The molecule has 2 rings (SSSR count). The molecule has 10 heteroatoms. The van der Waals surface area contributed by atoms with E-state index in [1.54, 1.807) is 58.0 Å². The van der Waals surface area contributed by atoms with E-state index in [0.29, 0.717) is 11.1 Å². The van der Waals surface area contributed by atoms with Crippen molar-refractivity contribution in [2.75, 3.05) is 13.2 Å². The standard InChI is InChI=1S/C30H37N3O7/c1-7-33(26(22-11-9-10-20(3)18-22)27(36)31-17-16-25(35)39-8-2)28(37)24(32-29(38)40-30(4,5)6)19-21-12-14-23(34)15-13-21/h1,9-15,18,24,26,34H,8,16-17,19H2,2-6H3,(H,31,36)(H,32,38). The molecule has 2 atom stereocenters. The lowest BCUT2D eigenvalue weighted by Gasteiger charge is -2.30. The van der Waals surface area contributed by atoms with Gasteiger partial charge in [-0.05, 0) is 57.9 Å². The number of amides is 3. The first-order valence-corrected chi connectivity index (χ1v) is 12.9. The summed E-state index contributed by atoms with van der Waals surface area (Å²) in [6, 6.07) is 12.9. The van der Waals surface area contributed by atoms with Gasteiger partial charge in [0.05, 0.1) is 13.0 Å². The molecule has 214 valence electrons. The van der Waals surface area contributed by atoms with E-state index in [-0.39, 0.29) is 31.7 Å². The van der Waals surface area contributed by atoms with Gasteiger partial charge in [0.1, 0.15) is 23.4 Å². The van der Waals surface area contributed by atoms with Crippen molar-refractivity contribution in [3.63, 3.8) is 0 Å². The number of aromatic hydroxyl groups is 1. The Bertz CT molecular complexity index is 1230. The van der Waals surface area contributed by atoms with Gasteiger partial charge in [-0.3, -0.25) is 19.3 Å². The summed E-state index contributed by atoms with van der Waals surface area (Å²) < 4.78 is 10.3. The fourth-order valence-electron chi connectivity index (χ4n) is 3.83. The predicted octanol–water partition coefficient (Wildman–Crippen LogP) is 3.37. The van der Waals surface area contributed by atoms with Crippen LogP contribution in [0.2, 0.25) is 0 Å². The topological polar surface area (TPSA) is 134 Å². The molecule has 0 saturated heterocycles. The van der Waals surface area contributed by atoms with Crippen LogP contribution < -0.4 is 10.6 Å². The van der Waals surface area contributed by atoms with E-state index in [1.165, 1.54) is 12.1 Å². The number of benzene rings is 2. The number of hydrogen-bond donors (Lipinski definition) is 3. The lowest BCUT2D eigenvalue weighted by molar-refractivity contribution is -0.143. The summed E-state index contributed by atoms with van der Waals surface area (Å²) in [6.07, 6.45) is 4.91. The largest absolute Gasteiger partial charge is 0.508 e. The van der Waals surface area contributed by atoms with Gasteiger partial charge >= 0.3 is 12.1 Å². The number of esters is 1. The van der Waals surface area contributed by atoms with Crippen LogP contribution in [0.5, 0.6) is 5.75 Å². The van der Waals surface area contributed by atoms with Crippen LogP contribution in [0.4, 0.5) is 4.79 Å². The summed E-state index contributed by atoms with van der Waals surface area (Å²) in [4.78, 5) is 52.7. The first-order valence-electron chi connectivity index (χ1n) is 12.9. The Balaban J connectivity index is 2.42. The van der Waals surface area contributed by atoms with Gasteiger partial charge in [0.2, 0.25) is 5.91 Å². The molecule has 2 aromatic rings. The SMILES string of the molecule is C#CN(C(=O)C(Cc1ccc(O)cc1)NC(=O)OC(C)(C)C)C(C(=O)NCCC(=O)OCC)c1cccc(C)c1. The van der Waals surface area contributed by atoms with E-state index in [4.69, 9.17) is 15.9 Å². The molecule has 0 heterocycles. The summed E-state index contributed by atoms with van der Waals surface area (Å²) in [5.74, 6) is -1.78. The number of terminal acetylenes is 1. The first kappa shape index (κ1) is 31.7. The van der Waals surface area contributed by atoms with Gasteiger partial charge in [-0.2, -0.15) is 0 Å². The average Bonchev–Trinajstić information content (AvgIpc) is 2.86. The molecule has 0 saturated carbocycles. The number of nitrogens with zero attached hydrogens (tertiary/aromatic N) is 1. The molecule has 0 bridgehead atoms. The number of alkyl carbamates (subject to hydrolysis) is 1. The zero-order valence-electron chi connectivity index (χ0n) is 23.5. The van der Waals surface area contributed by atoms with Crippen molar-refractivity contribution in [1.29, 1.82) is 0 Å². The predicted molar refractivity (Wildman–Crippen MR) is 149 cm³/mol. The zero-order valence-corrected chi connectivity index (χ0v) is 23.5. The average molecular weight is 552 g/mol. The molecule has 0 spiro atoms. The number of phenols is 1. The van der Waals surface area contributed by atoms with E-state index in [9.17, 15) is 24.3 Å². The Hall–Kier alpha value is -4.52. The number of carbonyl (C=O) groups is 4. The van der Waals surface area contributed by atoms with Crippen LogP contribution in [0.15, 0.2) is 48.5 Å². The number of aryl methyl sites for hydroxylation is 1. The van der Waals surface area contributed by atoms with E-state index >= 15 is 0 Å². The monoisotopic (exact) mass is 551 g/mol. The van der Waals surface area contributed by atoms with Crippen molar-refractivity contribution in [2.24, 2.45) is 0 Å². The fraction of sp³-hybridized carbons (Fsp3) is 0.400. The first-order chi connectivity index (χ1) is 18.8. The van der Waals surface area contributed by atoms with Crippen molar-refractivity contribution >= 4 is 23.9 Å². The number of carbonyl (C=O) groups excluding carboxylic acids is 4. The van der Waals surface area contributed by atoms with Crippen molar-refractivity contribution in [1.82, 2.24) is 15.5 Å². The van der Waals surface area contributed by atoms with Crippen molar-refractivity contribution in [3.05, 3.63) is 65.2 Å². The Labute approximate surface area is 235 Å². The minimum absolute atomic E-state index is 0.00154. The van der Waals surface area contributed by atoms with Gasteiger partial charge in [-0.1, -0.05) is 48.4 Å². The van der Waals surface area contributed by atoms with Crippen molar-refractivity contribution in [3.8, 4) is 18.2 Å². The van der Waals surface area contributed by atoms with Crippen LogP contribution in [0.1, 0.15) is 56.8 Å². The third kappa shape index (κ3) is 9.98. The van der Waals surface area contributed by atoms with Gasteiger partial charge in [0.15, 0.2) is 0 Å². The normalized spacial score (nSPS) is 12.3. The summed E-state index contributed by atoms with van der Waals surface area (Å²) in [6.45, 7) is 8.76. The maximum Gasteiger partial charge on any atom is 0.408 e. The van der Waals surface area contributed by atoms with Gasteiger partial charge < -0.3 is 25.2 Å². The number of hydrogen-bond acceptors (Lipinski definition) is 7. The minimum Gasteiger partial charge on any atom is -0.508 e. The van der Waals surface area contributed by atoms with Gasteiger partial charge in [0, 0.05) is 19.0 Å². The fourth-order valence-corrected chi connectivity index (χ4v) is 3.83. The maximum atomic E-state index is 13.9. The van der Waals surface area contributed by atoms with Crippen LogP contribution in [0, 0.1) is 19.4 Å². The maximum absolute atomic E-state index is 13.9. The van der Waals surface area contributed by atoms with Gasteiger partial charge in [-0.25, -0.2) is 4.79 Å². The van der Waals surface area contributed by atoms with Gasteiger partial charge in [0.25, 0.3) is 5.91 Å². The highest BCUT2D eigenvalue weighted by Crippen LogP contribution is 2.24. The number of ether oxygens (including phenoxy) is 2. The molecule has 0 radical (unpaired) electrons. The van der Waals surface area contributed by atoms with Crippen LogP contribution in [-0.2, 0) is 30.3 Å². The molecule has 3 N–H and O–H groups in total. The molecule has 0 fully saturated rings. The molecule has 10 nitrogen and oxygen atoms in total. The molecule has 0 aliphatic heterocycles. The number of nitrogens with one attached hydrogen (secondary N) is 2. The Morgan fingerprint density at radius 3 is 2.35 bits per heavy atom. The van der Waals surface area contributed by atoms with E-state index in [2.05, 4.69) is 16.7 Å². The summed E-state index contributed by atoms with van der Waals surface area (Å²) in [5, 5.41) is 14.9. The highest BCUT2D eigenvalue weighted by Gasteiger charge is 2.36. The smallest absolute Gasteiger partial charge is 0.408 e. The lowest BCUT2D eigenvalue weighted by atomic mass is 9.99. The summed E-state index contributed by atoms with van der Waals surface area (Å²) in [5.41, 5.74) is 1.07. The van der Waals surface area contributed by atoms with Crippen LogP contribution in [-0.4, -0.2) is 58.7 Å². The molecule has 3 amide bonds. The van der Waals surface area contributed by atoms with Crippen LogP contribution >= 0.6 is 0 Å². The van der Waals surface area contributed by atoms with E-state index in [1.807, 2.05) is 13.0 Å². The molecule has 0 aromatic heterocycles. The van der Waals surface area contributed by atoms with Crippen LogP contribution in [0.3, 0.4) is 0 Å². The molecule has 2 aromatic carbocycles. The Morgan fingerprint density at radius 1 is 1.10 bits per heavy atom. The highest BCUT2D eigenvalue weighted by molar-refractivity contribution is 5.93. The number of phenolic OH excluding ortho intramolecular Hbond substituents is 1. The quantitative estimate of drug-likeness (QED) is 0.221.